The van der Waals surface area contributed by atoms with Crippen LogP contribution in [0.15, 0.2) is 47.8 Å². The Hall–Kier alpha value is -1.71. The number of hydrogen-bond donors (Lipinski definition) is 1. The van der Waals surface area contributed by atoms with Crippen molar-refractivity contribution in [1.29, 1.82) is 0 Å². The molecule has 2 aromatic heterocycles. The zero-order valence-corrected chi connectivity index (χ0v) is 12.2. The zero-order chi connectivity index (χ0) is 13.9. The maximum absolute atomic E-state index is 10.3. The third-order valence-corrected chi connectivity index (χ3v) is 4.46. The lowest BCUT2D eigenvalue weighted by molar-refractivity contribution is 0.163. The normalized spacial score (nSPS) is 12.7. The van der Waals surface area contributed by atoms with Crippen molar-refractivity contribution in [2.45, 2.75) is 25.9 Å². The van der Waals surface area contributed by atoms with E-state index in [1.54, 1.807) is 11.3 Å². The van der Waals surface area contributed by atoms with Gasteiger partial charge in [0.25, 0.3) is 0 Å². The molecule has 0 aliphatic carbocycles. The molecule has 2 heterocycles. The maximum Gasteiger partial charge on any atom is 0.0963 e. The van der Waals surface area contributed by atoms with Gasteiger partial charge >= 0.3 is 0 Å². The number of aliphatic hydroxyl groups excluding tert-OH is 1. The number of rotatable bonds is 4. The van der Waals surface area contributed by atoms with Gasteiger partial charge in [0.2, 0.25) is 0 Å². The first-order chi connectivity index (χ1) is 9.74. The van der Waals surface area contributed by atoms with Crippen LogP contribution < -0.4 is 0 Å². The number of hydrogen-bond acceptors (Lipinski definition) is 3. The summed E-state index contributed by atoms with van der Waals surface area (Å²) in [7, 11) is 0. The number of pyridine rings is 1. The minimum atomic E-state index is -0.500. The van der Waals surface area contributed by atoms with E-state index >= 15 is 0 Å². The molecule has 20 heavy (non-hydrogen) atoms. The van der Waals surface area contributed by atoms with Gasteiger partial charge < -0.3 is 5.11 Å². The summed E-state index contributed by atoms with van der Waals surface area (Å²) >= 11 is 1.73. The minimum absolute atomic E-state index is 0.500. The van der Waals surface area contributed by atoms with E-state index in [2.05, 4.69) is 29.4 Å². The van der Waals surface area contributed by atoms with Gasteiger partial charge in [0, 0.05) is 10.3 Å². The summed E-state index contributed by atoms with van der Waals surface area (Å²) in [5.41, 5.74) is 2.90. The van der Waals surface area contributed by atoms with Gasteiger partial charge in [0.15, 0.2) is 0 Å². The van der Waals surface area contributed by atoms with E-state index in [-0.39, 0.29) is 0 Å². The van der Waals surface area contributed by atoms with E-state index < -0.39 is 6.10 Å². The summed E-state index contributed by atoms with van der Waals surface area (Å²) in [6.45, 7) is 2.07. The Kier molecular flexibility index (Phi) is 3.81. The molecule has 1 aromatic carbocycles. The molecule has 0 bridgehead atoms. The number of para-hydroxylation sites is 1. The minimum Gasteiger partial charge on any atom is -0.387 e. The SMILES string of the molecule is Cc1cc(C(O)CCc2cccs2)nc2ccccc12. The van der Waals surface area contributed by atoms with Crippen LogP contribution in [0.25, 0.3) is 10.9 Å². The summed E-state index contributed by atoms with van der Waals surface area (Å²) < 4.78 is 0. The van der Waals surface area contributed by atoms with E-state index in [0.717, 1.165) is 23.0 Å². The van der Waals surface area contributed by atoms with Gasteiger partial charge in [0.1, 0.15) is 0 Å². The van der Waals surface area contributed by atoms with Gasteiger partial charge in [-0.2, -0.15) is 0 Å². The summed E-state index contributed by atoms with van der Waals surface area (Å²) in [5.74, 6) is 0. The van der Waals surface area contributed by atoms with E-state index in [0.29, 0.717) is 6.42 Å². The first-order valence-corrected chi connectivity index (χ1v) is 7.69. The summed E-state index contributed by atoms with van der Waals surface area (Å²) in [6.07, 6.45) is 1.11. The quantitative estimate of drug-likeness (QED) is 0.775. The van der Waals surface area contributed by atoms with Crippen LogP contribution >= 0.6 is 11.3 Å². The molecule has 1 N–H and O–H groups in total. The Bertz CT molecular complexity index is 706. The molecule has 3 aromatic rings. The molecular weight excluding hydrogens is 266 g/mol. The summed E-state index contributed by atoms with van der Waals surface area (Å²) in [5, 5.41) is 13.6. The van der Waals surface area contributed by atoms with Gasteiger partial charge in [-0.3, -0.25) is 4.98 Å². The Labute approximate surface area is 122 Å². The Balaban J connectivity index is 1.82. The van der Waals surface area contributed by atoms with Crippen molar-refractivity contribution in [1.82, 2.24) is 4.98 Å². The van der Waals surface area contributed by atoms with Crippen molar-refractivity contribution >= 4 is 22.2 Å². The van der Waals surface area contributed by atoms with E-state index in [4.69, 9.17) is 0 Å². The van der Waals surface area contributed by atoms with E-state index in [9.17, 15) is 5.11 Å². The average Bonchev–Trinajstić information content (AvgIpc) is 2.98. The second kappa shape index (κ2) is 5.73. The second-order valence-corrected chi connectivity index (χ2v) is 6.05. The predicted molar refractivity (Wildman–Crippen MR) is 84.1 cm³/mol. The fraction of sp³-hybridized carbons (Fsp3) is 0.235. The topological polar surface area (TPSA) is 33.1 Å². The van der Waals surface area contributed by atoms with Crippen LogP contribution in [-0.2, 0) is 6.42 Å². The second-order valence-electron chi connectivity index (χ2n) is 5.02. The highest BCUT2D eigenvalue weighted by Crippen LogP contribution is 2.24. The molecule has 3 heteroatoms. The lowest BCUT2D eigenvalue weighted by Gasteiger charge is -2.12. The number of nitrogens with zero attached hydrogens (tertiary/aromatic N) is 1. The van der Waals surface area contributed by atoms with Crippen molar-refractivity contribution in [3.63, 3.8) is 0 Å². The molecule has 0 aliphatic rings. The molecule has 102 valence electrons. The molecule has 0 radical (unpaired) electrons. The zero-order valence-electron chi connectivity index (χ0n) is 11.4. The molecule has 0 saturated carbocycles. The van der Waals surface area contributed by atoms with Crippen LogP contribution in [-0.4, -0.2) is 10.1 Å². The van der Waals surface area contributed by atoms with Crippen LogP contribution in [0.4, 0.5) is 0 Å². The largest absolute Gasteiger partial charge is 0.387 e. The van der Waals surface area contributed by atoms with Gasteiger partial charge in [0.05, 0.1) is 17.3 Å². The van der Waals surface area contributed by atoms with Crippen LogP contribution in [0.3, 0.4) is 0 Å². The molecule has 0 fully saturated rings. The third kappa shape index (κ3) is 2.74. The van der Waals surface area contributed by atoms with Crippen molar-refractivity contribution in [3.8, 4) is 0 Å². The Morgan fingerprint density at radius 3 is 2.85 bits per heavy atom. The van der Waals surface area contributed by atoms with Crippen LogP contribution in [0.1, 0.15) is 28.7 Å². The lowest BCUT2D eigenvalue weighted by atomic mass is 10.0. The lowest BCUT2D eigenvalue weighted by Crippen LogP contribution is -2.03. The molecule has 0 saturated heterocycles. The van der Waals surface area contributed by atoms with Crippen LogP contribution in [0.2, 0.25) is 0 Å². The van der Waals surface area contributed by atoms with Crippen molar-refractivity contribution in [2.24, 2.45) is 0 Å². The fourth-order valence-corrected chi connectivity index (χ4v) is 3.15. The monoisotopic (exact) mass is 283 g/mol. The van der Waals surface area contributed by atoms with Gasteiger partial charge in [-0.05, 0) is 48.9 Å². The highest BCUT2D eigenvalue weighted by molar-refractivity contribution is 7.09. The van der Waals surface area contributed by atoms with Crippen molar-refractivity contribution in [3.05, 3.63) is 64.0 Å². The number of aromatic nitrogens is 1. The molecule has 0 aliphatic heterocycles. The van der Waals surface area contributed by atoms with Crippen molar-refractivity contribution < 1.29 is 5.11 Å². The molecule has 1 unspecified atom stereocenters. The first-order valence-electron chi connectivity index (χ1n) is 6.81. The number of fused-ring (bicyclic) bond motifs is 1. The number of benzene rings is 1. The molecule has 3 rings (SSSR count). The fourth-order valence-electron chi connectivity index (χ4n) is 2.43. The summed E-state index contributed by atoms with van der Waals surface area (Å²) in [4.78, 5) is 5.90. The van der Waals surface area contributed by atoms with Crippen molar-refractivity contribution in [2.75, 3.05) is 0 Å². The maximum atomic E-state index is 10.3. The molecule has 0 spiro atoms. The molecule has 2 nitrogen and oxygen atoms in total. The first kappa shape index (κ1) is 13.3. The third-order valence-electron chi connectivity index (χ3n) is 3.53. The number of aryl methyl sites for hydroxylation is 2. The predicted octanol–water partition coefficient (Wildman–Crippen LogP) is 4.27. The molecular formula is C17H17NOS. The average molecular weight is 283 g/mol. The Morgan fingerprint density at radius 2 is 2.05 bits per heavy atom. The van der Waals surface area contributed by atoms with E-state index in [1.165, 1.54) is 10.4 Å². The van der Waals surface area contributed by atoms with Crippen LogP contribution in [0.5, 0.6) is 0 Å². The number of aliphatic hydroxyl groups is 1. The smallest absolute Gasteiger partial charge is 0.0963 e. The van der Waals surface area contributed by atoms with Crippen LogP contribution in [0, 0.1) is 6.92 Å². The van der Waals surface area contributed by atoms with E-state index in [1.807, 2.05) is 30.3 Å². The molecule has 0 amide bonds. The Morgan fingerprint density at radius 1 is 1.20 bits per heavy atom. The standard InChI is InChI=1S/C17H17NOS/c1-12-11-16(18-15-7-3-2-6-14(12)15)17(19)9-8-13-5-4-10-20-13/h2-7,10-11,17,19H,8-9H2,1H3. The van der Waals surface area contributed by atoms with Gasteiger partial charge in [-0.15, -0.1) is 11.3 Å². The van der Waals surface area contributed by atoms with Gasteiger partial charge in [-0.25, -0.2) is 0 Å². The van der Waals surface area contributed by atoms with Gasteiger partial charge in [-0.1, -0.05) is 24.3 Å². The highest BCUT2D eigenvalue weighted by atomic mass is 32.1. The number of thiophene rings is 1. The summed E-state index contributed by atoms with van der Waals surface area (Å²) in [6, 6.07) is 14.2. The molecule has 1 atom stereocenters. The highest BCUT2D eigenvalue weighted by Gasteiger charge is 2.12.